The Morgan fingerprint density at radius 1 is 1.44 bits per heavy atom. The Bertz CT molecular complexity index is 52.2. The van der Waals surface area contributed by atoms with Gasteiger partial charge in [-0.15, -0.1) is 0 Å². The first-order valence-corrected chi connectivity index (χ1v) is 2.76. The molecule has 0 saturated carbocycles. The van der Waals surface area contributed by atoms with Crippen molar-refractivity contribution in [3.63, 3.8) is 0 Å². The topological polar surface area (TPSA) is 87.5 Å². The van der Waals surface area contributed by atoms with Crippen LogP contribution in [0.3, 0.4) is 0 Å². The van der Waals surface area contributed by atoms with Crippen molar-refractivity contribution in [1.29, 1.82) is 0 Å². The summed E-state index contributed by atoms with van der Waals surface area (Å²) >= 11 is 0. The molecule has 4 nitrogen and oxygen atoms in total. The largest absolute Gasteiger partial charge is 0.395 e. The molecule has 0 aromatic rings. The van der Waals surface area contributed by atoms with Crippen molar-refractivity contribution >= 4 is 0 Å². The highest BCUT2D eigenvalue weighted by Crippen LogP contribution is 1.73. The van der Waals surface area contributed by atoms with Crippen LogP contribution in [0, 0.1) is 0 Å². The fourth-order valence-corrected chi connectivity index (χ4v) is 0.375. The standard InChI is InChI=1S/C5H13NO2.H3N/c1-5(4-8)6-2-3-7;/h5-8H,2-4H2,1H3;1H3. The third kappa shape index (κ3) is 7.84. The third-order valence-corrected chi connectivity index (χ3v) is 0.878. The molecule has 0 aliphatic heterocycles. The average molecular weight is 136 g/mol. The quantitative estimate of drug-likeness (QED) is 0.404. The maximum Gasteiger partial charge on any atom is 0.0581 e. The number of nitrogens with one attached hydrogen (secondary N) is 1. The molecule has 0 amide bonds. The van der Waals surface area contributed by atoms with Gasteiger partial charge in [-0.2, -0.15) is 0 Å². The molecule has 0 heterocycles. The van der Waals surface area contributed by atoms with E-state index in [1.165, 1.54) is 0 Å². The minimum Gasteiger partial charge on any atom is -0.395 e. The summed E-state index contributed by atoms with van der Waals surface area (Å²) in [5.41, 5.74) is 0. The second kappa shape index (κ2) is 7.84. The molecule has 9 heavy (non-hydrogen) atoms. The molecule has 0 radical (unpaired) electrons. The van der Waals surface area contributed by atoms with E-state index >= 15 is 0 Å². The van der Waals surface area contributed by atoms with Crippen molar-refractivity contribution in [2.24, 2.45) is 0 Å². The van der Waals surface area contributed by atoms with Crippen LogP contribution in [0.2, 0.25) is 0 Å². The lowest BCUT2D eigenvalue weighted by Crippen LogP contribution is -2.31. The molecule has 0 aliphatic carbocycles. The molecule has 0 aromatic heterocycles. The van der Waals surface area contributed by atoms with Gasteiger partial charge in [0.05, 0.1) is 13.2 Å². The second-order valence-electron chi connectivity index (χ2n) is 1.76. The third-order valence-electron chi connectivity index (χ3n) is 0.878. The lowest BCUT2D eigenvalue weighted by atomic mass is 10.4. The Labute approximate surface area is 55.5 Å². The smallest absolute Gasteiger partial charge is 0.0581 e. The van der Waals surface area contributed by atoms with Crippen LogP contribution in [-0.2, 0) is 0 Å². The summed E-state index contributed by atoms with van der Waals surface area (Å²) in [6, 6.07) is 0.0992. The van der Waals surface area contributed by atoms with Gasteiger partial charge < -0.3 is 21.7 Å². The van der Waals surface area contributed by atoms with Crippen LogP contribution in [0.25, 0.3) is 0 Å². The fraction of sp³-hybridized carbons (Fsp3) is 1.00. The molecular formula is C5H16N2O2. The molecule has 6 N–H and O–H groups in total. The molecule has 1 atom stereocenters. The van der Waals surface area contributed by atoms with Gasteiger partial charge in [0, 0.05) is 12.6 Å². The van der Waals surface area contributed by atoms with E-state index in [1.807, 2.05) is 6.92 Å². The Morgan fingerprint density at radius 3 is 2.33 bits per heavy atom. The minimum atomic E-state index is 0. The molecule has 0 aromatic carbocycles. The number of aliphatic hydroxyl groups is 2. The van der Waals surface area contributed by atoms with Crippen molar-refractivity contribution in [2.75, 3.05) is 19.8 Å². The predicted octanol–water partition coefficient (Wildman–Crippen LogP) is -0.889. The highest BCUT2D eigenvalue weighted by molar-refractivity contribution is 4.55. The molecule has 58 valence electrons. The summed E-state index contributed by atoms with van der Waals surface area (Å²) in [7, 11) is 0. The molecule has 0 spiro atoms. The lowest BCUT2D eigenvalue weighted by Gasteiger charge is -2.07. The van der Waals surface area contributed by atoms with Crippen molar-refractivity contribution in [3.8, 4) is 0 Å². The first-order valence-electron chi connectivity index (χ1n) is 2.76. The summed E-state index contributed by atoms with van der Waals surface area (Å²) in [5, 5.41) is 19.6. The highest BCUT2D eigenvalue weighted by atomic mass is 16.3. The van der Waals surface area contributed by atoms with Crippen molar-refractivity contribution in [1.82, 2.24) is 11.5 Å². The predicted molar refractivity (Wildman–Crippen MR) is 36.7 cm³/mol. The van der Waals surface area contributed by atoms with Gasteiger partial charge in [-0.25, -0.2) is 0 Å². The van der Waals surface area contributed by atoms with E-state index in [2.05, 4.69) is 5.32 Å². The van der Waals surface area contributed by atoms with Gasteiger partial charge >= 0.3 is 0 Å². The molecule has 0 saturated heterocycles. The van der Waals surface area contributed by atoms with Crippen LogP contribution < -0.4 is 11.5 Å². The summed E-state index contributed by atoms with van der Waals surface area (Å²) in [4.78, 5) is 0. The fourth-order valence-electron chi connectivity index (χ4n) is 0.375. The first-order chi connectivity index (χ1) is 3.81. The van der Waals surface area contributed by atoms with Gasteiger partial charge in [0.2, 0.25) is 0 Å². The van der Waals surface area contributed by atoms with E-state index < -0.39 is 0 Å². The molecule has 0 aliphatic rings. The lowest BCUT2D eigenvalue weighted by molar-refractivity contribution is 0.234. The minimum absolute atomic E-state index is 0. The normalized spacial score (nSPS) is 12.3. The zero-order valence-corrected chi connectivity index (χ0v) is 5.80. The summed E-state index contributed by atoms with van der Waals surface area (Å²) in [6.45, 7) is 2.67. The van der Waals surface area contributed by atoms with Crippen LogP contribution in [0.4, 0.5) is 0 Å². The molecule has 0 bridgehead atoms. The Morgan fingerprint density at radius 2 is 2.00 bits per heavy atom. The van der Waals surface area contributed by atoms with Gasteiger partial charge in [0.1, 0.15) is 0 Å². The Balaban J connectivity index is 0. The van der Waals surface area contributed by atoms with Crippen LogP contribution in [-0.4, -0.2) is 36.0 Å². The average Bonchev–Trinajstić information content (AvgIpc) is 1.83. The van der Waals surface area contributed by atoms with E-state index in [9.17, 15) is 0 Å². The van der Waals surface area contributed by atoms with Gasteiger partial charge in [0.25, 0.3) is 0 Å². The monoisotopic (exact) mass is 136 g/mol. The van der Waals surface area contributed by atoms with Crippen molar-refractivity contribution in [2.45, 2.75) is 13.0 Å². The Kier molecular flexibility index (Phi) is 10.1. The van der Waals surface area contributed by atoms with Crippen molar-refractivity contribution in [3.05, 3.63) is 0 Å². The van der Waals surface area contributed by atoms with Crippen LogP contribution in [0.5, 0.6) is 0 Å². The Hall–Kier alpha value is -0.160. The maximum absolute atomic E-state index is 8.42. The molecule has 0 fully saturated rings. The molecule has 4 heteroatoms. The highest BCUT2D eigenvalue weighted by Gasteiger charge is 1.93. The SMILES string of the molecule is CC(CO)NCCO.N. The van der Waals surface area contributed by atoms with Gasteiger partial charge in [0.15, 0.2) is 0 Å². The van der Waals surface area contributed by atoms with E-state index in [-0.39, 0.29) is 25.4 Å². The second-order valence-corrected chi connectivity index (χ2v) is 1.76. The number of hydrogen-bond acceptors (Lipinski definition) is 4. The summed E-state index contributed by atoms with van der Waals surface area (Å²) in [6.07, 6.45) is 0. The van der Waals surface area contributed by atoms with E-state index in [1.54, 1.807) is 0 Å². The zero-order chi connectivity index (χ0) is 6.41. The van der Waals surface area contributed by atoms with E-state index in [0.29, 0.717) is 6.54 Å². The summed E-state index contributed by atoms with van der Waals surface area (Å²) in [5.74, 6) is 0. The van der Waals surface area contributed by atoms with Crippen LogP contribution in [0.15, 0.2) is 0 Å². The van der Waals surface area contributed by atoms with Gasteiger partial charge in [-0.1, -0.05) is 0 Å². The molecule has 0 rings (SSSR count). The first kappa shape index (κ1) is 11.6. The van der Waals surface area contributed by atoms with E-state index in [0.717, 1.165) is 0 Å². The molecular weight excluding hydrogens is 120 g/mol. The van der Waals surface area contributed by atoms with E-state index in [4.69, 9.17) is 10.2 Å². The van der Waals surface area contributed by atoms with Crippen LogP contribution >= 0.6 is 0 Å². The van der Waals surface area contributed by atoms with Gasteiger partial charge in [-0.05, 0) is 6.92 Å². The van der Waals surface area contributed by atoms with Crippen molar-refractivity contribution < 1.29 is 10.2 Å². The zero-order valence-electron chi connectivity index (χ0n) is 5.80. The summed E-state index contributed by atoms with van der Waals surface area (Å²) < 4.78 is 0. The maximum atomic E-state index is 8.42. The number of rotatable bonds is 4. The van der Waals surface area contributed by atoms with Crippen LogP contribution in [0.1, 0.15) is 6.92 Å². The molecule has 1 unspecified atom stereocenters. The van der Waals surface area contributed by atoms with Gasteiger partial charge in [-0.3, -0.25) is 0 Å². The number of aliphatic hydroxyl groups excluding tert-OH is 2. The number of hydrogen-bond donors (Lipinski definition) is 4.